The Hall–Kier alpha value is -1.11. The molecule has 1 aromatic rings. The normalized spacial score (nSPS) is 11.3. The molecule has 5 nitrogen and oxygen atoms in total. The van der Waals surface area contributed by atoms with Crippen molar-refractivity contribution in [3.63, 3.8) is 0 Å². The van der Waals surface area contributed by atoms with Crippen LogP contribution in [0.2, 0.25) is 5.02 Å². The summed E-state index contributed by atoms with van der Waals surface area (Å²) in [5.41, 5.74) is 0. The third kappa shape index (κ3) is 5.59. The second-order valence-corrected chi connectivity index (χ2v) is 6.34. The fourth-order valence-corrected chi connectivity index (χ4v) is 2.68. The molecule has 0 fully saturated rings. The van der Waals surface area contributed by atoms with E-state index in [2.05, 4.69) is 5.32 Å². The number of rotatable bonds is 7. The molecule has 0 aliphatic rings. The topological polar surface area (TPSA) is 72.5 Å². The van der Waals surface area contributed by atoms with E-state index in [4.69, 9.17) is 16.3 Å². The average molecular weight is 306 g/mol. The SMILES string of the molecule is COCCCNC(=O)CS(=O)(=O)c1ccc(Cl)cc1. The highest BCUT2D eigenvalue weighted by molar-refractivity contribution is 7.92. The average Bonchev–Trinajstić information content (AvgIpc) is 2.34. The Morgan fingerprint density at radius 2 is 1.95 bits per heavy atom. The van der Waals surface area contributed by atoms with E-state index in [1.807, 2.05) is 0 Å². The van der Waals surface area contributed by atoms with Gasteiger partial charge in [0.1, 0.15) is 5.75 Å². The second kappa shape index (κ2) is 7.47. The fraction of sp³-hybridized carbons (Fsp3) is 0.417. The monoisotopic (exact) mass is 305 g/mol. The molecule has 0 heterocycles. The first-order valence-electron chi connectivity index (χ1n) is 5.69. The molecule has 0 saturated heterocycles. The Kier molecular flexibility index (Phi) is 6.27. The lowest BCUT2D eigenvalue weighted by Crippen LogP contribution is -2.31. The maximum Gasteiger partial charge on any atom is 0.235 e. The number of carbonyl (C=O) groups excluding carboxylic acids is 1. The first-order valence-corrected chi connectivity index (χ1v) is 7.72. The molecule has 7 heteroatoms. The number of sulfone groups is 1. The Morgan fingerprint density at radius 1 is 1.32 bits per heavy atom. The molecule has 1 N–H and O–H groups in total. The highest BCUT2D eigenvalue weighted by Gasteiger charge is 2.18. The lowest BCUT2D eigenvalue weighted by Gasteiger charge is -2.06. The van der Waals surface area contributed by atoms with Crippen molar-refractivity contribution in [2.75, 3.05) is 26.0 Å². The number of hydrogen-bond donors (Lipinski definition) is 1. The Balaban J connectivity index is 2.55. The molecule has 1 rings (SSSR count). The summed E-state index contributed by atoms with van der Waals surface area (Å²) < 4.78 is 28.7. The number of carbonyl (C=O) groups is 1. The molecule has 0 aliphatic carbocycles. The van der Waals surface area contributed by atoms with Gasteiger partial charge in [-0.05, 0) is 30.7 Å². The molecule has 0 unspecified atom stereocenters. The molecular formula is C12H16ClNO4S. The van der Waals surface area contributed by atoms with Gasteiger partial charge in [-0.15, -0.1) is 0 Å². The van der Waals surface area contributed by atoms with Crippen LogP contribution in [0.1, 0.15) is 6.42 Å². The van der Waals surface area contributed by atoms with Gasteiger partial charge in [-0.1, -0.05) is 11.6 Å². The molecule has 19 heavy (non-hydrogen) atoms. The van der Waals surface area contributed by atoms with Gasteiger partial charge in [0.25, 0.3) is 0 Å². The molecule has 0 atom stereocenters. The Bertz CT molecular complexity index is 513. The lowest BCUT2D eigenvalue weighted by molar-refractivity contribution is -0.118. The van der Waals surface area contributed by atoms with Gasteiger partial charge in [-0.25, -0.2) is 8.42 Å². The van der Waals surface area contributed by atoms with Gasteiger partial charge < -0.3 is 10.1 Å². The number of halogens is 1. The Labute approximate surface area is 117 Å². The van der Waals surface area contributed by atoms with Crippen molar-refractivity contribution in [2.24, 2.45) is 0 Å². The number of methoxy groups -OCH3 is 1. The van der Waals surface area contributed by atoms with Crippen LogP contribution in [0, 0.1) is 0 Å². The van der Waals surface area contributed by atoms with E-state index in [9.17, 15) is 13.2 Å². The molecule has 1 amide bonds. The first kappa shape index (κ1) is 15.9. The van der Waals surface area contributed by atoms with Crippen LogP contribution >= 0.6 is 11.6 Å². The fourth-order valence-electron chi connectivity index (χ4n) is 1.39. The Morgan fingerprint density at radius 3 is 2.53 bits per heavy atom. The van der Waals surface area contributed by atoms with Crippen LogP contribution < -0.4 is 5.32 Å². The van der Waals surface area contributed by atoms with E-state index >= 15 is 0 Å². The minimum Gasteiger partial charge on any atom is -0.385 e. The van der Waals surface area contributed by atoms with Gasteiger partial charge in [0, 0.05) is 25.3 Å². The standard InChI is InChI=1S/C12H16ClNO4S/c1-18-8-2-7-14-12(15)9-19(16,17)11-5-3-10(13)4-6-11/h3-6H,2,7-9H2,1H3,(H,14,15). The highest BCUT2D eigenvalue weighted by Crippen LogP contribution is 2.15. The molecule has 1 aromatic carbocycles. The zero-order valence-electron chi connectivity index (χ0n) is 10.6. The van der Waals surface area contributed by atoms with E-state index < -0.39 is 21.5 Å². The van der Waals surface area contributed by atoms with Crippen LogP contribution in [-0.4, -0.2) is 40.3 Å². The van der Waals surface area contributed by atoms with Crippen molar-refractivity contribution in [3.05, 3.63) is 29.3 Å². The smallest absolute Gasteiger partial charge is 0.235 e. The van der Waals surface area contributed by atoms with Crippen LogP contribution in [-0.2, 0) is 19.4 Å². The van der Waals surface area contributed by atoms with Gasteiger partial charge in [-0.2, -0.15) is 0 Å². The summed E-state index contributed by atoms with van der Waals surface area (Å²) in [6.07, 6.45) is 0.642. The maximum atomic E-state index is 11.9. The van der Waals surface area contributed by atoms with Crippen molar-refractivity contribution in [1.82, 2.24) is 5.32 Å². The van der Waals surface area contributed by atoms with E-state index in [-0.39, 0.29) is 4.90 Å². The largest absolute Gasteiger partial charge is 0.385 e. The molecule has 0 spiro atoms. The van der Waals surface area contributed by atoms with Crippen LogP contribution in [0.25, 0.3) is 0 Å². The van der Waals surface area contributed by atoms with Crippen LogP contribution in [0.4, 0.5) is 0 Å². The van der Waals surface area contributed by atoms with Crippen LogP contribution in [0.5, 0.6) is 0 Å². The number of ether oxygens (including phenoxy) is 1. The van der Waals surface area contributed by atoms with Crippen molar-refractivity contribution < 1.29 is 17.9 Å². The van der Waals surface area contributed by atoms with E-state index in [1.54, 1.807) is 7.11 Å². The quantitative estimate of drug-likeness (QED) is 0.770. The molecule has 0 bridgehead atoms. The minimum absolute atomic E-state index is 0.0870. The zero-order chi connectivity index (χ0) is 14.3. The van der Waals surface area contributed by atoms with Crippen molar-refractivity contribution in [2.45, 2.75) is 11.3 Å². The van der Waals surface area contributed by atoms with Gasteiger partial charge in [0.05, 0.1) is 4.90 Å². The summed E-state index contributed by atoms with van der Waals surface area (Å²) in [5, 5.41) is 2.98. The van der Waals surface area contributed by atoms with Crippen molar-refractivity contribution in [1.29, 1.82) is 0 Å². The zero-order valence-corrected chi connectivity index (χ0v) is 12.1. The number of benzene rings is 1. The van der Waals surface area contributed by atoms with Crippen molar-refractivity contribution >= 4 is 27.3 Å². The molecule has 0 radical (unpaired) electrons. The summed E-state index contributed by atoms with van der Waals surface area (Å²) in [4.78, 5) is 11.6. The third-order valence-electron chi connectivity index (χ3n) is 2.34. The molecule has 106 valence electrons. The van der Waals surface area contributed by atoms with Gasteiger partial charge in [0.2, 0.25) is 5.91 Å². The first-order chi connectivity index (χ1) is 8.95. The lowest BCUT2D eigenvalue weighted by atomic mass is 10.4. The number of hydrogen-bond acceptors (Lipinski definition) is 4. The number of nitrogens with one attached hydrogen (secondary N) is 1. The second-order valence-electron chi connectivity index (χ2n) is 3.91. The number of amides is 1. The predicted molar refractivity (Wildman–Crippen MR) is 73.0 cm³/mol. The molecule has 0 aromatic heterocycles. The molecular weight excluding hydrogens is 290 g/mol. The van der Waals surface area contributed by atoms with Crippen molar-refractivity contribution in [3.8, 4) is 0 Å². The van der Waals surface area contributed by atoms with E-state index in [0.29, 0.717) is 24.6 Å². The van der Waals surface area contributed by atoms with E-state index in [1.165, 1.54) is 24.3 Å². The summed E-state index contributed by atoms with van der Waals surface area (Å²) in [7, 11) is -2.06. The van der Waals surface area contributed by atoms with Crippen LogP contribution in [0.3, 0.4) is 0 Å². The predicted octanol–water partition coefficient (Wildman–Crippen LogP) is 1.27. The van der Waals surface area contributed by atoms with Gasteiger partial charge >= 0.3 is 0 Å². The minimum atomic E-state index is -3.62. The van der Waals surface area contributed by atoms with E-state index in [0.717, 1.165) is 0 Å². The summed E-state index contributed by atoms with van der Waals surface area (Å²) in [6.45, 7) is 0.910. The summed E-state index contributed by atoms with van der Waals surface area (Å²) in [5.74, 6) is -1.09. The summed E-state index contributed by atoms with van der Waals surface area (Å²) >= 11 is 5.68. The molecule has 0 aliphatic heterocycles. The molecule has 0 saturated carbocycles. The summed E-state index contributed by atoms with van der Waals surface area (Å²) in [6, 6.07) is 5.72. The van der Waals surface area contributed by atoms with Gasteiger partial charge in [-0.3, -0.25) is 4.79 Å². The maximum absolute atomic E-state index is 11.9. The van der Waals surface area contributed by atoms with Crippen LogP contribution in [0.15, 0.2) is 29.2 Å². The highest BCUT2D eigenvalue weighted by atomic mass is 35.5. The third-order valence-corrected chi connectivity index (χ3v) is 4.23. The van der Waals surface area contributed by atoms with Gasteiger partial charge in [0.15, 0.2) is 9.84 Å².